The van der Waals surface area contributed by atoms with Gasteiger partial charge in [-0.05, 0) is 30.3 Å². The van der Waals surface area contributed by atoms with E-state index < -0.39 is 0 Å². The van der Waals surface area contributed by atoms with Gasteiger partial charge in [-0.15, -0.1) is 0 Å². The molecule has 0 unspecified atom stereocenters. The lowest BCUT2D eigenvalue weighted by atomic mass is 10.2. The third kappa shape index (κ3) is 1.86. The van der Waals surface area contributed by atoms with E-state index in [0.29, 0.717) is 0 Å². The molecule has 0 aliphatic heterocycles. The molecule has 0 bridgehead atoms. The van der Waals surface area contributed by atoms with Crippen LogP contribution in [0.2, 0.25) is 0 Å². The van der Waals surface area contributed by atoms with E-state index in [-0.39, 0.29) is 0 Å². The van der Waals surface area contributed by atoms with Crippen LogP contribution in [-0.2, 0) is 13.6 Å². The van der Waals surface area contributed by atoms with Crippen molar-refractivity contribution in [3.05, 3.63) is 48.4 Å². The zero-order valence-electron chi connectivity index (χ0n) is 10.5. The number of benzene rings is 1. The molecule has 4 heteroatoms. The van der Waals surface area contributed by atoms with Gasteiger partial charge in [0, 0.05) is 30.3 Å². The molecule has 3 aromatic rings. The highest BCUT2D eigenvalue weighted by atomic mass is 16.5. The largest absolute Gasteiger partial charge is 0.497 e. The number of hydrogen-bond acceptors (Lipinski definition) is 2. The van der Waals surface area contributed by atoms with Crippen molar-refractivity contribution in [3.63, 3.8) is 0 Å². The van der Waals surface area contributed by atoms with E-state index in [4.69, 9.17) is 4.74 Å². The maximum absolute atomic E-state index is 5.23. The lowest BCUT2D eigenvalue weighted by molar-refractivity contribution is 0.415. The molecule has 18 heavy (non-hydrogen) atoms. The van der Waals surface area contributed by atoms with Gasteiger partial charge in [-0.1, -0.05) is 0 Å². The minimum absolute atomic E-state index is 0.788. The van der Waals surface area contributed by atoms with Gasteiger partial charge < -0.3 is 9.30 Å². The summed E-state index contributed by atoms with van der Waals surface area (Å²) in [5.74, 6) is 0.887. The summed E-state index contributed by atoms with van der Waals surface area (Å²) in [6.07, 6.45) is 4.04. The molecule has 0 aliphatic rings. The standard InChI is InChI=1S/C14H15N3O/c1-16-7-6-12(15-16)10-17-8-5-11-9-13(18-2)3-4-14(11)17/h3-9H,10H2,1-2H3. The molecule has 2 aromatic heterocycles. The summed E-state index contributed by atoms with van der Waals surface area (Å²) in [7, 11) is 3.62. The average molecular weight is 241 g/mol. The van der Waals surface area contributed by atoms with Gasteiger partial charge in [0.2, 0.25) is 0 Å². The summed E-state index contributed by atoms with van der Waals surface area (Å²) < 4.78 is 9.24. The van der Waals surface area contributed by atoms with Crippen molar-refractivity contribution in [1.29, 1.82) is 0 Å². The Balaban J connectivity index is 1.97. The molecule has 2 heterocycles. The van der Waals surface area contributed by atoms with Gasteiger partial charge in [0.1, 0.15) is 5.75 Å². The molecule has 3 rings (SSSR count). The van der Waals surface area contributed by atoms with E-state index in [1.165, 1.54) is 10.9 Å². The van der Waals surface area contributed by atoms with Crippen LogP contribution in [-0.4, -0.2) is 21.5 Å². The highest BCUT2D eigenvalue weighted by Gasteiger charge is 2.04. The van der Waals surface area contributed by atoms with Crippen molar-refractivity contribution >= 4 is 10.9 Å². The summed E-state index contributed by atoms with van der Waals surface area (Å²) in [4.78, 5) is 0. The van der Waals surface area contributed by atoms with Gasteiger partial charge in [0.05, 0.1) is 19.3 Å². The van der Waals surface area contributed by atoms with Crippen LogP contribution < -0.4 is 4.74 Å². The molecular weight excluding hydrogens is 226 g/mol. The van der Waals surface area contributed by atoms with Crippen molar-refractivity contribution < 1.29 is 4.74 Å². The average Bonchev–Trinajstić information content (AvgIpc) is 2.96. The molecule has 1 aromatic carbocycles. The summed E-state index contributed by atoms with van der Waals surface area (Å²) in [6.45, 7) is 0.788. The zero-order valence-corrected chi connectivity index (χ0v) is 10.5. The van der Waals surface area contributed by atoms with E-state index >= 15 is 0 Å². The zero-order chi connectivity index (χ0) is 12.5. The van der Waals surface area contributed by atoms with Gasteiger partial charge >= 0.3 is 0 Å². The highest BCUT2D eigenvalue weighted by molar-refractivity contribution is 5.81. The predicted octanol–water partition coefficient (Wildman–Crippen LogP) is 2.43. The second kappa shape index (κ2) is 4.22. The third-order valence-electron chi connectivity index (χ3n) is 3.08. The Morgan fingerprint density at radius 3 is 2.78 bits per heavy atom. The number of fused-ring (bicyclic) bond motifs is 1. The Morgan fingerprint density at radius 1 is 1.17 bits per heavy atom. The van der Waals surface area contributed by atoms with Crippen LogP contribution in [0.15, 0.2) is 42.7 Å². The molecule has 0 amide bonds. The van der Waals surface area contributed by atoms with Crippen LogP contribution in [0.5, 0.6) is 5.75 Å². The minimum Gasteiger partial charge on any atom is -0.497 e. The number of hydrogen-bond donors (Lipinski definition) is 0. The lowest BCUT2D eigenvalue weighted by Gasteiger charge is -2.04. The molecule has 0 radical (unpaired) electrons. The van der Waals surface area contributed by atoms with E-state index in [1.807, 2.05) is 36.1 Å². The van der Waals surface area contributed by atoms with Crippen molar-refractivity contribution in [3.8, 4) is 5.75 Å². The molecule has 0 fully saturated rings. The SMILES string of the molecule is COc1ccc2c(ccn2Cc2ccn(C)n2)c1. The maximum Gasteiger partial charge on any atom is 0.119 e. The summed E-state index contributed by atoms with van der Waals surface area (Å²) in [5, 5.41) is 5.58. The van der Waals surface area contributed by atoms with Crippen LogP contribution in [0.1, 0.15) is 5.69 Å². The molecule has 0 saturated carbocycles. The Hall–Kier alpha value is -2.23. The minimum atomic E-state index is 0.788. The number of methoxy groups -OCH3 is 1. The number of ether oxygens (including phenoxy) is 1. The first-order valence-corrected chi connectivity index (χ1v) is 5.88. The highest BCUT2D eigenvalue weighted by Crippen LogP contribution is 2.22. The summed E-state index contributed by atoms with van der Waals surface area (Å²) in [6, 6.07) is 10.2. The Kier molecular flexibility index (Phi) is 2.55. The second-order valence-electron chi connectivity index (χ2n) is 4.35. The molecule has 0 saturated heterocycles. The fourth-order valence-corrected chi connectivity index (χ4v) is 2.17. The number of nitrogens with zero attached hydrogens (tertiary/aromatic N) is 3. The first kappa shape index (κ1) is 10.9. The maximum atomic E-state index is 5.23. The van der Waals surface area contributed by atoms with Crippen LogP contribution in [0.3, 0.4) is 0 Å². The predicted molar refractivity (Wildman–Crippen MR) is 70.8 cm³/mol. The van der Waals surface area contributed by atoms with Crippen LogP contribution in [0, 0.1) is 0 Å². The van der Waals surface area contributed by atoms with Gasteiger partial charge in [0.15, 0.2) is 0 Å². The normalized spacial score (nSPS) is 11.0. The van der Waals surface area contributed by atoms with E-state index in [2.05, 4.69) is 28.0 Å². The van der Waals surface area contributed by atoms with E-state index in [9.17, 15) is 0 Å². The Morgan fingerprint density at radius 2 is 2.06 bits per heavy atom. The Labute approximate surface area is 105 Å². The van der Waals surface area contributed by atoms with Crippen molar-refractivity contribution in [2.75, 3.05) is 7.11 Å². The van der Waals surface area contributed by atoms with Crippen LogP contribution in [0.4, 0.5) is 0 Å². The monoisotopic (exact) mass is 241 g/mol. The van der Waals surface area contributed by atoms with Crippen molar-refractivity contribution in [2.24, 2.45) is 7.05 Å². The third-order valence-corrected chi connectivity index (χ3v) is 3.08. The van der Waals surface area contributed by atoms with Crippen molar-refractivity contribution in [2.45, 2.75) is 6.54 Å². The van der Waals surface area contributed by atoms with E-state index in [1.54, 1.807) is 7.11 Å². The fraction of sp³-hybridized carbons (Fsp3) is 0.214. The molecular formula is C14H15N3O. The smallest absolute Gasteiger partial charge is 0.119 e. The fourth-order valence-electron chi connectivity index (χ4n) is 2.17. The summed E-state index contributed by atoms with van der Waals surface area (Å²) in [5.41, 5.74) is 2.26. The summed E-state index contributed by atoms with van der Waals surface area (Å²) >= 11 is 0. The lowest BCUT2D eigenvalue weighted by Crippen LogP contribution is -1.99. The molecule has 0 spiro atoms. The molecule has 0 atom stereocenters. The first-order valence-electron chi connectivity index (χ1n) is 5.88. The number of rotatable bonds is 3. The van der Waals surface area contributed by atoms with Crippen LogP contribution >= 0.6 is 0 Å². The van der Waals surface area contributed by atoms with Gasteiger partial charge in [0.25, 0.3) is 0 Å². The number of aryl methyl sites for hydroxylation is 1. The Bertz CT molecular complexity index is 681. The topological polar surface area (TPSA) is 32.0 Å². The molecule has 4 nitrogen and oxygen atoms in total. The van der Waals surface area contributed by atoms with Crippen LogP contribution in [0.25, 0.3) is 10.9 Å². The first-order chi connectivity index (χ1) is 8.76. The van der Waals surface area contributed by atoms with Crippen molar-refractivity contribution in [1.82, 2.24) is 14.3 Å². The van der Waals surface area contributed by atoms with Gasteiger partial charge in [-0.2, -0.15) is 5.10 Å². The molecule has 0 aliphatic carbocycles. The van der Waals surface area contributed by atoms with Gasteiger partial charge in [-0.25, -0.2) is 0 Å². The van der Waals surface area contributed by atoms with Gasteiger partial charge in [-0.3, -0.25) is 4.68 Å². The molecule has 0 N–H and O–H groups in total. The number of aromatic nitrogens is 3. The van der Waals surface area contributed by atoms with E-state index in [0.717, 1.165) is 18.0 Å². The quantitative estimate of drug-likeness (QED) is 0.705. The molecule has 92 valence electrons. The second-order valence-corrected chi connectivity index (χ2v) is 4.35.